The summed E-state index contributed by atoms with van der Waals surface area (Å²) < 4.78 is 8.05. The minimum Gasteiger partial charge on any atom is -0.481 e. The van der Waals surface area contributed by atoms with Crippen LogP contribution in [0, 0.1) is 4.77 Å². The van der Waals surface area contributed by atoms with Gasteiger partial charge in [-0.25, -0.2) is 4.98 Å². The summed E-state index contributed by atoms with van der Waals surface area (Å²) in [6, 6.07) is 9.63. The van der Waals surface area contributed by atoms with Gasteiger partial charge in [0.05, 0.1) is 7.11 Å². The molecule has 1 atom stereocenters. The number of piperidine rings is 1. The standard InChI is InChI=1S/C20H23N5O2S/c1-3-25-17(22-23-20(25)28)14-8-6-10-24(12-14)19(26)16-11-13-7-4-5-9-15(13)18(21-16)27-2/h4-5,7,9,11,14H,3,6,8,10,12H2,1-2H3,(H,23,28). The molecule has 1 aliphatic rings. The van der Waals surface area contributed by atoms with E-state index in [0.717, 1.165) is 36.0 Å². The van der Waals surface area contributed by atoms with Crippen molar-refractivity contribution in [1.82, 2.24) is 24.6 Å². The predicted molar refractivity (Wildman–Crippen MR) is 109 cm³/mol. The molecule has 0 aliphatic carbocycles. The van der Waals surface area contributed by atoms with Gasteiger partial charge in [-0.3, -0.25) is 9.89 Å². The van der Waals surface area contributed by atoms with Gasteiger partial charge < -0.3 is 14.2 Å². The van der Waals surface area contributed by atoms with E-state index in [4.69, 9.17) is 17.0 Å². The van der Waals surface area contributed by atoms with E-state index in [1.807, 2.05) is 46.7 Å². The smallest absolute Gasteiger partial charge is 0.272 e. The van der Waals surface area contributed by atoms with Gasteiger partial charge in [-0.1, -0.05) is 18.2 Å². The van der Waals surface area contributed by atoms with Gasteiger partial charge in [0.15, 0.2) is 4.77 Å². The Kier molecular flexibility index (Phi) is 5.13. The molecule has 3 heterocycles. The first-order valence-electron chi connectivity index (χ1n) is 9.50. The van der Waals surface area contributed by atoms with Crippen LogP contribution in [0.3, 0.4) is 0 Å². The number of aromatic nitrogens is 4. The first-order chi connectivity index (χ1) is 13.6. The molecule has 1 aliphatic heterocycles. The largest absolute Gasteiger partial charge is 0.481 e. The van der Waals surface area contributed by atoms with Crippen molar-refractivity contribution in [3.05, 3.63) is 46.6 Å². The van der Waals surface area contributed by atoms with Crippen molar-refractivity contribution in [3.63, 3.8) is 0 Å². The van der Waals surface area contributed by atoms with Crippen LogP contribution in [0.25, 0.3) is 10.8 Å². The van der Waals surface area contributed by atoms with Crippen molar-refractivity contribution in [2.45, 2.75) is 32.2 Å². The van der Waals surface area contributed by atoms with Crippen molar-refractivity contribution in [2.24, 2.45) is 0 Å². The fourth-order valence-corrected chi connectivity index (χ4v) is 4.18. The number of benzene rings is 1. The van der Waals surface area contributed by atoms with E-state index in [9.17, 15) is 4.79 Å². The molecule has 7 nitrogen and oxygen atoms in total. The van der Waals surface area contributed by atoms with E-state index in [0.29, 0.717) is 29.4 Å². The van der Waals surface area contributed by atoms with Gasteiger partial charge >= 0.3 is 0 Å². The maximum Gasteiger partial charge on any atom is 0.272 e. The summed E-state index contributed by atoms with van der Waals surface area (Å²) in [6.45, 7) is 4.13. The lowest BCUT2D eigenvalue weighted by Crippen LogP contribution is -2.40. The number of ether oxygens (including phenoxy) is 1. The second-order valence-electron chi connectivity index (χ2n) is 6.96. The van der Waals surface area contributed by atoms with Crippen LogP contribution in [0.15, 0.2) is 30.3 Å². The number of hydrogen-bond donors (Lipinski definition) is 1. The van der Waals surface area contributed by atoms with Crippen LogP contribution in [0.2, 0.25) is 0 Å². The fourth-order valence-electron chi connectivity index (χ4n) is 3.91. The number of H-pyrrole nitrogens is 1. The lowest BCUT2D eigenvalue weighted by Gasteiger charge is -2.32. The van der Waals surface area contributed by atoms with Gasteiger partial charge in [-0.05, 0) is 49.5 Å². The number of carbonyl (C=O) groups excluding carboxylic acids is 1. The van der Waals surface area contributed by atoms with E-state index >= 15 is 0 Å². The molecular weight excluding hydrogens is 374 g/mol. The van der Waals surface area contributed by atoms with Crippen molar-refractivity contribution in [1.29, 1.82) is 0 Å². The Morgan fingerprint density at radius 1 is 1.39 bits per heavy atom. The number of aromatic amines is 1. The Balaban J connectivity index is 1.63. The molecule has 2 aromatic heterocycles. The molecule has 0 spiro atoms. The zero-order valence-corrected chi connectivity index (χ0v) is 16.8. The average molecular weight is 398 g/mol. The number of methoxy groups -OCH3 is 1. The van der Waals surface area contributed by atoms with Gasteiger partial charge in [0.25, 0.3) is 5.91 Å². The van der Waals surface area contributed by atoms with E-state index in [-0.39, 0.29) is 11.8 Å². The highest BCUT2D eigenvalue weighted by Crippen LogP contribution is 2.28. The summed E-state index contributed by atoms with van der Waals surface area (Å²) in [5, 5.41) is 9.14. The third-order valence-corrected chi connectivity index (χ3v) is 5.61. The number of nitrogens with zero attached hydrogens (tertiary/aromatic N) is 4. The van der Waals surface area contributed by atoms with E-state index in [1.165, 1.54) is 0 Å². The number of amides is 1. The summed E-state index contributed by atoms with van der Waals surface area (Å²) in [6.07, 6.45) is 1.91. The maximum absolute atomic E-state index is 13.2. The normalized spacial score (nSPS) is 17.1. The molecule has 3 aromatic rings. The quantitative estimate of drug-likeness (QED) is 0.682. The first-order valence-corrected chi connectivity index (χ1v) is 9.91. The number of hydrogen-bond acceptors (Lipinski definition) is 5. The predicted octanol–water partition coefficient (Wildman–Crippen LogP) is 3.54. The van der Waals surface area contributed by atoms with Crippen molar-refractivity contribution >= 4 is 28.9 Å². The van der Waals surface area contributed by atoms with Crippen LogP contribution in [0.1, 0.15) is 42.0 Å². The molecular formula is C20H23N5O2S. The summed E-state index contributed by atoms with van der Waals surface area (Å²) in [5.74, 6) is 1.48. The molecule has 146 valence electrons. The highest BCUT2D eigenvalue weighted by molar-refractivity contribution is 7.71. The topological polar surface area (TPSA) is 76.0 Å². The maximum atomic E-state index is 13.2. The van der Waals surface area contributed by atoms with Crippen LogP contribution in [0.5, 0.6) is 5.88 Å². The second kappa shape index (κ2) is 7.71. The number of rotatable bonds is 4. The molecule has 1 fully saturated rings. The Morgan fingerprint density at radius 3 is 3.00 bits per heavy atom. The zero-order chi connectivity index (χ0) is 19.7. The summed E-state index contributed by atoms with van der Waals surface area (Å²) in [7, 11) is 1.58. The fraction of sp³-hybridized carbons (Fsp3) is 0.400. The number of fused-ring (bicyclic) bond motifs is 1. The molecule has 0 bridgehead atoms. The molecule has 1 aromatic carbocycles. The third-order valence-electron chi connectivity index (χ3n) is 5.30. The van der Waals surface area contributed by atoms with E-state index in [2.05, 4.69) is 15.2 Å². The van der Waals surface area contributed by atoms with Gasteiger partial charge in [0.2, 0.25) is 5.88 Å². The minimum atomic E-state index is -0.0778. The van der Waals surface area contributed by atoms with Gasteiger partial charge in [-0.15, -0.1) is 0 Å². The SMILES string of the molecule is CCn1c(C2CCCN(C(=O)c3cc4ccccc4c(OC)n3)C2)n[nH]c1=S. The van der Waals surface area contributed by atoms with Crippen molar-refractivity contribution in [3.8, 4) is 5.88 Å². The van der Waals surface area contributed by atoms with E-state index in [1.54, 1.807) is 7.11 Å². The molecule has 28 heavy (non-hydrogen) atoms. The molecule has 1 saturated heterocycles. The molecule has 0 saturated carbocycles. The van der Waals surface area contributed by atoms with Crippen molar-refractivity contribution < 1.29 is 9.53 Å². The average Bonchev–Trinajstić information content (AvgIpc) is 3.12. The lowest BCUT2D eigenvalue weighted by atomic mass is 9.96. The highest BCUT2D eigenvalue weighted by atomic mass is 32.1. The van der Waals surface area contributed by atoms with Crippen LogP contribution in [-0.2, 0) is 6.54 Å². The molecule has 1 unspecified atom stereocenters. The summed E-state index contributed by atoms with van der Waals surface area (Å²) in [5.41, 5.74) is 0.408. The van der Waals surface area contributed by atoms with Gasteiger partial charge in [0.1, 0.15) is 11.5 Å². The Bertz CT molecular complexity index is 1070. The van der Waals surface area contributed by atoms with Gasteiger partial charge in [-0.2, -0.15) is 5.10 Å². The van der Waals surface area contributed by atoms with Crippen LogP contribution >= 0.6 is 12.2 Å². The number of pyridine rings is 1. The van der Waals surface area contributed by atoms with Crippen LogP contribution in [0.4, 0.5) is 0 Å². The van der Waals surface area contributed by atoms with Gasteiger partial charge in [0, 0.05) is 30.9 Å². The molecule has 1 N–H and O–H groups in total. The Hall–Kier alpha value is -2.74. The molecule has 1 amide bonds. The second-order valence-corrected chi connectivity index (χ2v) is 7.35. The Morgan fingerprint density at radius 2 is 2.21 bits per heavy atom. The Labute approximate surface area is 168 Å². The summed E-state index contributed by atoms with van der Waals surface area (Å²) >= 11 is 5.31. The summed E-state index contributed by atoms with van der Waals surface area (Å²) in [4.78, 5) is 19.5. The third kappa shape index (κ3) is 3.28. The monoisotopic (exact) mass is 397 g/mol. The number of carbonyl (C=O) groups is 1. The zero-order valence-electron chi connectivity index (χ0n) is 16.0. The highest BCUT2D eigenvalue weighted by Gasteiger charge is 2.29. The molecule has 0 radical (unpaired) electrons. The first kappa shape index (κ1) is 18.6. The molecule has 8 heteroatoms. The van der Waals surface area contributed by atoms with Crippen LogP contribution in [-0.4, -0.2) is 50.8 Å². The number of likely N-dealkylation sites (tertiary alicyclic amines) is 1. The van der Waals surface area contributed by atoms with Crippen molar-refractivity contribution in [2.75, 3.05) is 20.2 Å². The van der Waals surface area contributed by atoms with Crippen LogP contribution < -0.4 is 4.74 Å². The lowest BCUT2D eigenvalue weighted by molar-refractivity contribution is 0.0696. The minimum absolute atomic E-state index is 0.0778. The molecule has 4 rings (SSSR count). The number of nitrogens with one attached hydrogen (secondary N) is 1. The van der Waals surface area contributed by atoms with E-state index < -0.39 is 0 Å².